The van der Waals surface area contributed by atoms with Crippen molar-refractivity contribution < 1.29 is 14.3 Å². The molecule has 0 saturated heterocycles. The van der Waals surface area contributed by atoms with E-state index in [9.17, 15) is 4.79 Å². The Kier molecular flexibility index (Phi) is 10.1. The molecule has 0 aromatic heterocycles. The lowest BCUT2D eigenvalue weighted by atomic mass is 10.1. The maximum absolute atomic E-state index is 12.6. The van der Waals surface area contributed by atoms with Crippen molar-refractivity contribution in [3.8, 4) is 0 Å². The molecule has 1 aliphatic rings. The number of ether oxygens (including phenoxy) is 2. The molecule has 29 heavy (non-hydrogen) atoms. The van der Waals surface area contributed by atoms with Crippen molar-refractivity contribution in [3.05, 3.63) is 42.3 Å². The number of nitrogens with two attached hydrogens (primary N) is 1. The van der Waals surface area contributed by atoms with E-state index < -0.39 is 5.92 Å². The number of unbranched alkanes of at least 4 members (excludes halogenated alkanes) is 6. The van der Waals surface area contributed by atoms with E-state index >= 15 is 0 Å². The number of nitrogens with zero attached hydrogens (tertiary/aromatic N) is 2. The standard InChI is InChI=1S/C23H35N3O3/c1-3-5-7-8-9-13-17-29-23(27)20-18-21(28-16-6-4-2)26(25-22(20)24)19-14-11-10-12-15-19/h10-12,14-15,18,20H,3-9,13,16-17H2,1-2H3,(H2,24,25). The minimum absolute atomic E-state index is 0.213. The van der Waals surface area contributed by atoms with Crippen LogP contribution in [0.4, 0.5) is 5.69 Å². The van der Waals surface area contributed by atoms with E-state index in [4.69, 9.17) is 15.2 Å². The second-order valence-corrected chi connectivity index (χ2v) is 7.29. The SMILES string of the molecule is CCCCCCCCOC(=O)C1C=C(OCCCC)N(c2ccccc2)N=C1N. The molecule has 1 aromatic rings. The number of benzene rings is 1. The fraction of sp³-hybridized carbons (Fsp3) is 0.565. The molecule has 1 unspecified atom stereocenters. The minimum Gasteiger partial charge on any atom is -0.478 e. The highest BCUT2D eigenvalue weighted by Gasteiger charge is 2.30. The lowest BCUT2D eigenvalue weighted by Crippen LogP contribution is -2.38. The number of esters is 1. The van der Waals surface area contributed by atoms with E-state index in [-0.39, 0.29) is 11.8 Å². The van der Waals surface area contributed by atoms with Gasteiger partial charge in [0.15, 0.2) is 0 Å². The van der Waals surface area contributed by atoms with Crippen LogP contribution in [0.3, 0.4) is 0 Å². The maximum Gasteiger partial charge on any atom is 0.320 e. The number of hydrogen-bond acceptors (Lipinski definition) is 6. The topological polar surface area (TPSA) is 77.2 Å². The molecule has 1 aromatic carbocycles. The van der Waals surface area contributed by atoms with Gasteiger partial charge in [-0.25, -0.2) is 0 Å². The van der Waals surface area contributed by atoms with Gasteiger partial charge in [-0.05, 0) is 31.1 Å². The lowest BCUT2D eigenvalue weighted by Gasteiger charge is -2.28. The summed E-state index contributed by atoms with van der Waals surface area (Å²) < 4.78 is 11.4. The molecule has 1 atom stereocenters. The Morgan fingerprint density at radius 1 is 1.00 bits per heavy atom. The van der Waals surface area contributed by atoms with Crippen LogP contribution in [0.15, 0.2) is 47.4 Å². The molecule has 6 nitrogen and oxygen atoms in total. The fourth-order valence-corrected chi connectivity index (χ4v) is 3.04. The Morgan fingerprint density at radius 2 is 1.69 bits per heavy atom. The second kappa shape index (κ2) is 12.9. The van der Waals surface area contributed by atoms with Gasteiger partial charge in [-0.15, -0.1) is 0 Å². The number of carbonyl (C=O) groups is 1. The summed E-state index contributed by atoms with van der Waals surface area (Å²) in [5, 5.41) is 6.07. The Morgan fingerprint density at radius 3 is 2.41 bits per heavy atom. The predicted molar refractivity (Wildman–Crippen MR) is 117 cm³/mol. The van der Waals surface area contributed by atoms with Crippen LogP contribution in [-0.2, 0) is 14.3 Å². The maximum atomic E-state index is 12.6. The zero-order valence-corrected chi connectivity index (χ0v) is 17.8. The van der Waals surface area contributed by atoms with Gasteiger partial charge in [-0.3, -0.25) is 4.79 Å². The molecule has 2 N–H and O–H groups in total. The van der Waals surface area contributed by atoms with Gasteiger partial charge in [0.05, 0.1) is 18.9 Å². The summed E-state index contributed by atoms with van der Waals surface area (Å²) in [6.07, 6.45) is 10.5. The van der Waals surface area contributed by atoms with Gasteiger partial charge >= 0.3 is 5.97 Å². The molecule has 160 valence electrons. The molecule has 0 aliphatic carbocycles. The third-order valence-corrected chi connectivity index (χ3v) is 4.80. The zero-order chi connectivity index (χ0) is 20.9. The number of anilines is 1. The van der Waals surface area contributed by atoms with E-state index in [1.165, 1.54) is 25.7 Å². The third-order valence-electron chi connectivity index (χ3n) is 4.80. The predicted octanol–water partition coefficient (Wildman–Crippen LogP) is 4.96. The first kappa shape index (κ1) is 22.8. The number of hydrogen-bond donors (Lipinski definition) is 1. The van der Waals surface area contributed by atoms with Crippen LogP contribution < -0.4 is 10.7 Å². The normalized spacial score (nSPS) is 16.2. The molecule has 0 bridgehead atoms. The van der Waals surface area contributed by atoms with Crippen LogP contribution in [0, 0.1) is 5.92 Å². The first-order valence-electron chi connectivity index (χ1n) is 10.9. The Balaban J connectivity index is 1.97. The summed E-state index contributed by atoms with van der Waals surface area (Å²) in [5.74, 6) is -0.360. The minimum atomic E-state index is -0.716. The molecule has 0 spiro atoms. The van der Waals surface area contributed by atoms with Crippen LogP contribution in [0.1, 0.15) is 65.2 Å². The molecule has 1 aliphatic heterocycles. The average Bonchev–Trinajstić information content (AvgIpc) is 2.74. The Hall–Kier alpha value is -2.50. The fourth-order valence-electron chi connectivity index (χ4n) is 3.04. The number of carbonyl (C=O) groups excluding carboxylic acids is 1. The van der Waals surface area contributed by atoms with Crippen molar-refractivity contribution in [2.45, 2.75) is 65.2 Å². The van der Waals surface area contributed by atoms with E-state index in [0.717, 1.165) is 31.4 Å². The van der Waals surface area contributed by atoms with E-state index in [2.05, 4.69) is 18.9 Å². The summed E-state index contributed by atoms with van der Waals surface area (Å²) in [7, 11) is 0. The number of amidine groups is 1. The monoisotopic (exact) mass is 401 g/mol. The van der Waals surface area contributed by atoms with E-state index in [0.29, 0.717) is 19.1 Å². The van der Waals surface area contributed by atoms with E-state index in [1.54, 1.807) is 11.1 Å². The van der Waals surface area contributed by atoms with Crippen molar-refractivity contribution in [1.82, 2.24) is 0 Å². The summed E-state index contributed by atoms with van der Waals surface area (Å²) >= 11 is 0. The molecule has 2 rings (SSSR count). The summed E-state index contributed by atoms with van der Waals surface area (Å²) in [4.78, 5) is 12.6. The van der Waals surface area contributed by atoms with Gasteiger partial charge < -0.3 is 15.2 Å². The van der Waals surface area contributed by atoms with Crippen molar-refractivity contribution in [2.75, 3.05) is 18.2 Å². The van der Waals surface area contributed by atoms with Crippen molar-refractivity contribution >= 4 is 17.5 Å². The molecular formula is C23H35N3O3. The van der Waals surface area contributed by atoms with Gasteiger partial charge in [-0.2, -0.15) is 10.1 Å². The van der Waals surface area contributed by atoms with Crippen LogP contribution in [0.25, 0.3) is 0 Å². The molecule has 0 radical (unpaired) electrons. The quantitative estimate of drug-likeness (QED) is 0.373. The highest BCUT2D eigenvalue weighted by Crippen LogP contribution is 2.26. The van der Waals surface area contributed by atoms with Crippen molar-refractivity contribution in [2.24, 2.45) is 16.8 Å². The molecule has 1 heterocycles. The highest BCUT2D eigenvalue weighted by molar-refractivity contribution is 6.03. The molecule has 0 saturated carbocycles. The summed E-state index contributed by atoms with van der Waals surface area (Å²) in [6.45, 7) is 5.27. The number of rotatable bonds is 13. The molecular weight excluding hydrogens is 366 g/mol. The molecule has 0 amide bonds. The van der Waals surface area contributed by atoms with Gasteiger partial charge in [-0.1, -0.05) is 70.6 Å². The smallest absolute Gasteiger partial charge is 0.320 e. The zero-order valence-electron chi connectivity index (χ0n) is 17.8. The van der Waals surface area contributed by atoms with Crippen LogP contribution >= 0.6 is 0 Å². The average molecular weight is 402 g/mol. The Labute approximate surface area is 174 Å². The second-order valence-electron chi connectivity index (χ2n) is 7.29. The Bertz CT molecular complexity index is 673. The molecule has 6 heteroatoms. The van der Waals surface area contributed by atoms with Gasteiger partial charge in [0.1, 0.15) is 11.8 Å². The van der Waals surface area contributed by atoms with Crippen molar-refractivity contribution in [3.63, 3.8) is 0 Å². The summed E-state index contributed by atoms with van der Waals surface area (Å²) in [6, 6.07) is 9.62. The number of para-hydroxylation sites is 1. The van der Waals surface area contributed by atoms with Crippen LogP contribution in [-0.4, -0.2) is 25.0 Å². The highest BCUT2D eigenvalue weighted by atomic mass is 16.5. The molecule has 0 fully saturated rings. The lowest BCUT2D eigenvalue weighted by molar-refractivity contribution is -0.145. The number of hydrazone groups is 1. The first-order valence-corrected chi connectivity index (χ1v) is 10.9. The van der Waals surface area contributed by atoms with Crippen molar-refractivity contribution in [1.29, 1.82) is 0 Å². The summed E-state index contributed by atoms with van der Waals surface area (Å²) in [5.41, 5.74) is 6.95. The third kappa shape index (κ3) is 7.44. The van der Waals surface area contributed by atoms with E-state index in [1.807, 2.05) is 30.3 Å². The largest absolute Gasteiger partial charge is 0.478 e. The van der Waals surface area contributed by atoms with Crippen LogP contribution in [0.5, 0.6) is 0 Å². The van der Waals surface area contributed by atoms with Gasteiger partial charge in [0.2, 0.25) is 5.88 Å². The van der Waals surface area contributed by atoms with Crippen LogP contribution in [0.2, 0.25) is 0 Å². The van der Waals surface area contributed by atoms with Gasteiger partial charge in [0, 0.05) is 0 Å². The van der Waals surface area contributed by atoms with Gasteiger partial charge in [0.25, 0.3) is 0 Å². The first-order chi connectivity index (χ1) is 14.2.